The molecule has 0 heterocycles. The van der Waals surface area contributed by atoms with Crippen LogP contribution >= 0.6 is 0 Å². The predicted molar refractivity (Wildman–Crippen MR) is 95.0 cm³/mol. The molecule has 0 radical (unpaired) electrons. The third kappa shape index (κ3) is 4.07. The van der Waals surface area contributed by atoms with Crippen molar-refractivity contribution in [2.24, 2.45) is 0 Å². The molecule has 0 aliphatic rings. The molecule has 0 aliphatic heterocycles. The number of hydrogen-bond acceptors (Lipinski definition) is 1. The molecule has 0 unspecified atom stereocenters. The van der Waals surface area contributed by atoms with Gasteiger partial charge in [-0.2, -0.15) is 4.74 Å². The zero-order valence-corrected chi connectivity index (χ0v) is 12.9. The van der Waals surface area contributed by atoms with Gasteiger partial charge in [0.05, 0.1) is 12.8 Å². The van der Waals surface area contributed by atoms with Gasteiger partial charge in [0, 0.05) is 12.1 Å². The lowest BCUT2D eigenvalue weighted by atomic mass is 10.0. The van der Waals surface area contributed by atoms with Crippen LogP contribution in [0.15, 0.2) is 91.0 Å². The molecule has 0 bridgehead atoms. The van der Waals surface area contributed by atoms with Crippen molar-refractivity contribution in [3.05, 3.63) is 107 Å². The Balaban J connectivity index is 1.96. The zero-order valence-electron chi connectivity index (χ0n) is 12.9. The van der Waals surface area contributed by atoms with Gasteiger partial charge in [0.1, 0.15) is 0 Å². The molecule has 0 fully saturated rings. The Hall–Kier alpha value is -2.87. The Bertz CT molecular complexity index is 721. The van der Waals surface area contributed by atoms with Gasteiger partial charge in [-0.25, -0.2) is 0 Å². The maximum atomic E-state index is 12.8. The molecule has 0 saturated carbocycles. The van der Waals surface area contributed by atoms with Crippen LogP contribution in [-0.4, -0.2) is 10.5 Å². The van der Waals surface area contributed by atoms with Crippen LogP contribution in [-0.2, 0) is 12.8 Å². The van der Waals surface area contributed by atoms with Gasteiger partial charge in [0.15, 0.2) is 5.71 Å². The molecule has 3 rings (SSSR count). The molecule has 3 aromatic carbocycles. The summed E-state index contributed by atoms with van der Waals surface area (Å²) in [6.07, 6.45) is 1.29. The number of rotatable bonds is 5. The molecule has 0 aliphatic carbocycles. The summed E-state index contributed by atoms with van der Waals surface area (Å²) in [5, 5.41) is 12.8. The second kappa shape index (κ2) is 7.41. The standard InChI is InChI=1S/C21H19NO/c23-22(20-14-8-3-9-15-20)21(16-18-10-4-1-5-11-18)17-19-12-6-2-7-13-19/h1-15H,16-17H2. The fourth-order valence-electron chi connectivity index (χ4n) is 2.62. The van der Waals surface area contributed by atoms with Gasteiger partial charge in [-0.15, -0.1) is 0 Å². The van der Waals surface area contributed by atoms with Crippen LogP contribution in [0.4, 0.5) is 5.69 Å². The van der Waals surface area contributed by atoms with Crippen molar-refractivity contribution in [2.75, 3.05) is 0 Å². The minimum atomic E-state index is 0.647. The smallest absolute Gasteiger partial charge is 0.216 e. The van der Waals surface area contributed by atoms with Gasteiger partial charge < -0.3 is 5.21 Å². The van der Waals surface area contributed by atoms with Crippen molar-refractivity contribution < 1.29 is 4.74 Å². The minimum Gasteiger partial charge on any atom is -0.618 e. The van der Waals surface area contributed by atoms with Gasteiger partial charge in [0.25, 0.3) is 0 Å². The van der Waals surface area contributed by atoms with Gasteiger partial charge in [0.2, 0.25) is 5.69 Å². The average Bonchev–Trinajstić information content (AvgIpc) is 2.63. The first-order valence-electron chi connectivity index (χ1n) is 7.78. The highest BCUT2D eigenvalue weighted by molar-refractivity contribution is 5.85. The van der Waals surface area contributed by atoms with Crippen LogP contribution in [0, 0.1) is 5.21 Å². The average molecular weight is 301 g/mol. The summed E-state index contributed by atoms with van der Waals surface area (Å²) in [6, 6.07) is 29.7. The maximum absolute atomic E-state index is 12.8. The second-order valence-corrected chi connectivity index (χ2v) is 5.52. The van der Waals surface area contributed by atoms with Crippen LogP contribution in [0.2, 0.25) is 0 Å². The van der Waals surface area contributed by atoms with Crippen LogP contribution in [0.5, 0.6) is 0 Å². The minimum absolute atomic E-state index is 0.647. The summed E-state index contributed by atoms with van der Waals surface area (Å²) < 4.78 is 1.07. The normalized spacial score (nSPS) is 10.3. The van der Waals surface area contributed by atoms with E-state index in [0.29, 0.717) is 18.5 Å². The Labute approximate surface area is 136 Å². The third-order valence-corrected chi connectivity index (χ3v) is 3.78. The summed E-state index contributed by atoms with van der Waals surface area (Å²) in [6.45, 7) is 0. The zero-order chi connectivity index (χ0) is 15.9. The van der Waals surface area contributed by atoms with E-state index in [9.17, 15) is 5.21 Å². The fraction of sp³-hybridized carbons (Fsp3) is 0.0952. The van der Waals surface area contributed by atoms with E-state index in [2.05, 4.69) is 24.3 Å². The lowest BCUT2D eigenvalue weighted by molar-refractivity contribution is -0.363. The summed E-state index contributed by atoms with van der Waals surface area (Å²) in [5.74, 6) is 0. The predicted octanol–water partition coefficient (Wildman–Crippen LogP) is 4.75. The molecule has 3 aromatic rings. The lowest BCUT2D eigenvalue weighted by Gasteiger charge is -2.11. The lowest BCUT2D eigenvalue weighted by Crippen LogP contribution is -2.17. The third-order valence-electron chi connectivity index (χ3n) is 3.78. The molecule has 2 heteroatoms. The monoisotopic (exact) mass is 301 g/mol. The number of hydrogen-bond donors (Lipinski definition) is 0. The highest BCUT2D eigenvalue weighted by Crippen LogP contribution is 2.14. The first-order valence-corrected chi connectivity index (χ1v) is 7.78. The summed E-state index contributed by atoms with van der Waals surface area (Å²) in [4.78, 5) is 0. The molecule has 2 nitrogen and oxygen atoms in total. The van der Waals surface area contributed by atoms with E-state index in [1.54, 1.807) is 0 Å². The molecule has 0 atom stereocenters. The molecule has 0 N–H and O–H groups in total. The topological polar surface area (TPSA) is 26.1 Å². The van der Waals surface area contributed by atoms with Crippen molar-refractivity contribution in [3.63, 3.8) is 0 Å². The van der Waals surface area contributed by atoms with Crippen molar-refractivity contribution in [2.45, 2.75) is 12.8 Å². The Kier molecular flexibility index (Phi) is 4.85. The highest BCUT2D eigenvalue weighted by atomic mass is 16.5. The first-order chi connectivity index (χ1) is 11.3. The van der Waals surface area contributed by atoms with Crippen LogP contribution in [0.1, 0.15) is 11.1 Å². The van der Waals surface area contributed by atoms with Crippen molar-refractivity contribution >= 4 is 11.4 Å². The van der Waals surface area contributed by atoms with Gasteiger partial charge in [-0.05, 0) is 11.1 Å². The molecular weight excluding hydrogens is 282 g/mol. The van der Waals surface area contributed by atoms with E-state index in [1.165, 1.54) is 0 Å². The Morgan fingerprint density at radius 1 is 0.609 bits per heavy atom. The summed E-state index contributed by atoms with van der Waals surface area (Å²) in [5.41, 5.74) is 3.81. The van der Waals surface area contributed by atoms with Crippen LogP contribution in [0.3, 0.4) is 0 Å². The van der Waals surface area contributed by atoms with E-state index in [1.807, 2.05) is 66.7 Å². The van der Waals surface area contributed by atoms with Crippen LogP contribution in [0.25, 0.3) is 0 Å². The van der Waals surface area contributed by atoms with E-state index in [-0.39, 0.29) is 0 Å². The van der Waals surface area contributed by atoms with Crippen molar-refractivity contribution in [1.29, 1.82) is 0 Å². The molecule has 114 valence electrons. The van der Waals surface area contributed by atoms with E-state index < -0.39 is 0 Å². The number of para-hydroxylation sites is 1. The molecule has 0 saturated heterocycles. The van der Waals surface area contributed by atoms with Crippen LogP contribution < -0.4 is 0 Å². The van der Waals surface area contributed by atoms with E-state index in [0.717, 1.165) is 21.6 Å². The van der Waals surface area contributed by atoms with Crippen molar-refractivity contribution in [3.8, 4) is 0 Å². The molecule has 23 heavy (non-hydrogen) atoms. The first kappa shape index (κ1) is 15.0. The summed E-state index contributed by atoms with van der Waals surface area (Å²) >= 11 is 0. The number of benzene rings is 3. The Morgan fingerprint density at radius 2 is 1.00 bits per heavy atom. The number of nitrogens with zero attached hydrogens (tertiary/aromatic N) is 1. The quantitative estimate of drug-likeness (QED) is 0.289. The van der Waals surface area contributed by atoms with E-state index >= 15 is 0 Å². The van der Waals surface area contributed by atoms with E-state index in [4.69, 9.17) is 0 Å². The van der Waals surface area contributed by atoms with Crippen molar-refractivity contribution in [1.82, 2.24) is 0 Å². The second-order valence-electron chi connectivity index (χ2n) is 5.52. The van der Waals surface area contributed by atoms with Gasteiger partial charge >= 0.3 is 0 Å². The highest BCUT2D eigenvalue weighted by Gasteiger charge is 2.14. The SMILES string of the molecule is [O-][N+](=C(Cc1ccccc1)Cc1ccccc1)c1ccccc1. The molecule has 0 aromatic heterocycles. The molecule has 0 amide bonds. The van der Waals surface area contributed by atoms with Gasteiger partial charge in [-0.3, -0.25) is 0 Å². The van der Waals surface area contributed by atoms with Gasteiger partial charge in [-0.1, -0.05) is 78.9 Å². The largest absolute Gasteiger partial charge is 0.618 e. The fourth-order valence-corrected chi connectivity index (χ4v) is 2.62. The molecular formula is C21H19NO. The maximum Gasteiger partial charge on any atom is 0.216 e. The Morgan fingerprint density at radius 3 is 1.43 bits per heavy atom. The molecule has 0 spiro atoms. The summed E-state index contributed by atoms with van der Waals surface area (Å²) in [7, 11) is 0.